The van der Waals surface area contributed by atoms with Gasteiger partial charge >= 0.3 is 0 Å². The Hall–Kier alpha value is -0.960. The maximum atomic E-state index is 12.5. The lowest BCUT2D eigenvalue weighted by atomic mass is 9.94. The summed E-state index contributed by atoms with van der Waals surface area (Å²) in [5.74, 6) is 2.13. The number of hydrogen-bond acceptors (Lipinski definition) is 3. The normalized spacial score (nSPS) is 23.0. The fraction of sp³-hybridized carbons (Fsp3) is 0.533. The van der Waals surface area contributed by atoms with Gasteiger partial charge in [-0.1, -0.05) is 19.1 Å². The highest BCUT2D eigenvalue weighted by molar-refractivity contribution is 8.01. The second-order valence-corrected chi connectivity index (χ2v) is 6.49. The monoisotopic (exact) mass is 264 g/mol. The van der Waals surface area contributed by atoms with E-state index >= 15 is 0 Å². The van der Waals surface area contributed by atoms with Crippen molar-refractivity contribution >= 4 is 17.5 Å². The van der Waals surface area contributed by atoms with Crippen molar-refractivity contribution in [2.75, 3.05) is 12.4 Å². The van der Waals surface area contributed by atoms with Crippen molar-refractivity contribution in [1.82, 2.24) is 0 Å². The molecule has 1 aliphatic heterocycles. The lowest BCUT2D eigenvalue weighted by Crippen LogP contribution is -2.28. The van der Waals surface area contributed by atoms with Crippen molar-refractivity contribution < 1.29 is 9.53 Å². The molecule has 98 valence electrons. The van der Waals surface area contributed by atoms with Gasteiger partial charge < -0.3 is 4.74 Å². The Bertz CT molecular complexity index is 422. The van der Waals surface area contributed by atoms with Crippen LogP contribution in [0.5, 0.6) is 5.75 Å². The molecule has 3 heteroatoms. The Balaban J connectivity index is 2.15. The number of hydrogen-bond donors (Lipinski definition) is 0. The van der Waals surface area contributed by atoms with Crippen LogP contribution in [0.2, 0.25) is 0 Å². The maximum absolute atomic E-state index is 12.5. The number of Topliss-reactive ketones (excluding diaryl/α,β-unsaturated/α-hetero) is 1. The van der Waals surface area contributed by atoms with Crippen LogP contribution >= 0.6 is 11.8 Å². The summed E-state index contributed by atoms with van der Waals surface area (Å²) in [6.45, 7) is 4.83. The number of ether oxygens (including phenoxy) is 1. The van der Waals surface area contributed by atoms with Crippen molar-refractivity contribution in [3.05, 3.63) is 29.8 Å². The van der Waals surface area contributed by atoms with Gasteiger partial charge in [-0.25, -0.2) is 0 Å². The molecule has 0 aromatic heterocycles. The fourth-order valence-corrected chi connectivity index (χ4v) is 3.49. The molecular formula is C15H20O2S. The SMILES string of the molecule is CCCOc1cccc(C(=O)C2(C)CCCS2)c1. The predicted molar refractivity (Wildman–Crippen MR) is 76.7 cm³/mol. The van der Waals surface area contributed by atoms with Crippen LogP contribution in [0.3, 0.4) is 0 Å². The third-order valence-electron chi connectivity index (χ3n) is 3.27. The van der Waals surface area contributed by atoms with Crippen molar-refractivity contribution in [2.45, 2.75) is 37.9 Å². The van der Waals surface area contributed by atoms with Gasteiger partial charge in [0.25, 0.3) is 0 Å². The van der Waals surface area contributed by atoms with Crippen LogP contribution in [0, 0.1) is 0 Å². The maximum Gasteiger partial charge on any atom is 0.178 e. The fourth-order valence-electron chi connectivity index (χ4n) is 2.21. The molecular weight excluding hydrogens is 244 g/mol. The number of carbonyl (C=O) groups is 1. The summed E-state index contributed by atoms with van der Waals surface area (Å²) in [4.78, 5) is 12.5. The van der Waals surface area contributed by atoms with E-state index in [9.17, 15) is 4.79 Å². The number of carbonyl (C=O) groups excluding carboxylic acids is 1. The summed E-state index contributed by atoms with van der Waals surface area (Å²) < 4.78 is 5.35. The van der Waals surface area contributed by atoms with Gasteiger partial charge in [0, 0.05) is 5.56 Å². The zero-order chi connectivity index (χ0) is 13.0. The Morgan fingerprint density at radius 2 is 2.33 bits per heavy atom. The van der Waals surface area contributed by atoms with Crippen LogP contribution < -0.4 is 4.74 Å². The van der Waals surface area contributed by atoms with E-state index in [2.05, 4.69) is 13.8 Å². The molecule has 1 aromatic rings. The molecule has 0 radical (unpaired) electrons. The Morgan fingerprint density at radius 3 is 3.00 bits per heavy atom. The van der Waals surface area contributed by atoms with Crippen molar-refractivity contribution in [3.8, 4) is 5.75 Å². The molecule has 18 heavy (non-hydrogen) atoms. The van der Waals surface area contributed by atoms with E-state index in [4.69, 9.17) is 4.74 Å². The Morgan fingerprint density at radius 1 is 1.50 bits per heavy atom. The smallest absolute Gasteiger partial charge is 0.178 e. The molecule has 0 N–H and O–H groups in total. The number of thioether (sulfide) groups is 1. The highest BCUT2D eigenvalue weighted by Gasteiger charge is 2.37. The van der Waals surface area contributed by atoms with Crippen molar-refractivity contribution in [3.63, 3.8) is 0 Å². The summed E-state index contributed by atoms with van der Waals surface area (Å²) in [6, 6.07) is 7.59. The van der Waals surface area contributed by atoms with Gasteiger partial charge in [0.1, 0.15) is 5.75 Å². The molecule has 0 saturated carbocycles. The Labute approximate surface area is 113 Å². The molecule has 1 heterocycles. The van der Waals surface area contributed by atoms with Crippen LogP contribution in [0.1, 0.15) is 43.5 Å². The third kappa shape index (κ3) is 2.89. The first-order valence-electron chi connectivity index (χ1n) is 6.57. The van der Waals surface area contributed by atoms with E-state index < -0.39 is 0 Å². The lowest BCUT2D eigenvalue weighted by molar-refractivity contribution is 0.0948. The standard InChI is InChI=1S/C15H20O2S/c1-3-9-17-13-7-4-6-12(11-13)14(16)15(2)8-5-10-18-15/h4,6-7,11H,3,5,8-10H2,1-2H3. The summed E-state index contributed by atoms with van der Waals surface area (Å²) in [5, 5.41) is 0. The minimum absolute atomic E-state index is 0.233. The van der Waals surface area contributed by atoms with Crippen LogP contribution in [0.15, 0.2) is 24.3 Å². The molecule has 1 aliphatic rings. The molecule has 0 amide bonds. The first kappa shape index (κ1) is 13.5. The van der Waals surface area contributed by atoms with Gasteiger partial charge in [0.15, 0.2) is 5.78 Å². The van der Waals surface area contributed by atoms with E-state index in [0.29, 0.717) is 6.61 Å². The quantitative estimate of drug-likeness (QED) is 0.753. The molecule has 0 aliphatic carbocycles. The largest absolute Gasteiger partial charge is 0.494 e. The second-order valence-electron chi connectivity index (χ2n) is 4.89. The average molecular weight is 264 g/mol. The average Bonchev–Trinajstić information content (AvgIpc) is 2.84. The van der Waals surface area contributed by atoms with E-state index in [1.807, 2.05) is 24.3 Å². The summed E-state index contributed by atoms with van der Waals surface area (Å²) in [7, 11) is 0. The molecule has 1 saturated heterocycles. The highest BCUT2D eigenvalue weighted by atomic mass is 32.2. The first-order chi connectivity index (χ1) is 8.65. The molecule has 0 bridgehead atoms. The van der Waals surface area contributed by atoms with Crippen molar-refractivity contribution in [1.29, 1.82) is 0 Å². The van der Waals surface area contributed by atoms with Crippen molar-refractivity contribution in [2.24, 2.45) is 0 Å². The molecule has 2 nitrogen and oxygen atoms in total. The van der Waals surface area contributed by atoms with Gasteiger partial charge in [0.2, 0.25) is 0 Å². The van der Waals surface area contributed by atoms with Crippen LogP contribution in [0.4, 0.5) is 0 Å². The van der Waals surface area contributed by atoms with Crippen LogP contribution in [-0.2, 0) is 0 Å². The zero-order valence-corrected chi connectivity index (χ0v) is 11.9. The van der Waals surface area contributed by atoms with E-state index in [0.717, 1.165) is 36.3 Å². The minimum Gasteiger partial charge on any atom is -0.494 e. The topological polar surface area (TPSA) is 26.3 Å². The number of rotatable bonds is 5. The molecule has 2 rings (SSSR count). The van der Waals surface area contributed by atoms with Gasteiger partial charge in [-0.2, -0.15) is 0 Å². The number of benzene rings is 1. The molecule has 1 aromatic carbocycles. The van der Waals surface area contributed by atoms with E-state index in [1.165, 1.54) is 0 Å². The van der Waals surface area contributed by atoms with Gasteiger partial charge in [-0.3, -0.25) is 4.79 Å². The molecule has 1 unspecified atom stereocenters. The van der Waals surface area contributed by atoms with Gasteiger partial charge in [-0.05, 0) is 44.1 Å². The van der Waals surface area contributed by atoms with E-state index in [-0.39, 0.29) is 10.5 Å². The summed E-state index contributed by atoms with van der Waals surface area (Å²) >= 11 is 1.78. The minimum atomic E-state index is -0.233. The lowest BCUT2D eigenvalue weighted by Gasteiger charge is -2.21. The second kappa shape index (κ2) is 5.79. The van der Waals surface area contributed by atoms with Gasteiger partial charge in [-0.15, -0.1) is 11.8 Å². The molecule has 1 atom stereocenters. The van der Waals surface area contributed by atoms with Crippen LogP contribution in [-0.4, -0.2) is 22.9 Å². The predicted octanol–water partition coefficient (Wildman–Crippen LogP) is 3.94. The van der Waals surface area contributed by atoms with Crippen LogP contribution in [0.25, 0.3) is 0 Å². The third-order valence-corrected chi connectivity index (χ3v) is 4.79. The number of ketones is 1. The summed E-state index contributed by atoms with van der Waals surface area (Å²) in [6.07, 6.45) is 3.10. The Kier molecular flexibility index (Phi) is 4.33. The van der Waals surface area contributed by atoms with E-state index in [1.54, 1.807) is 11.8 Å². The first-order valence-corrected chi connectivity index (χ1v) is 7.56. The summed E-state index contributed by atoms with van der Waals surface area (Å²) in [5.41, 5.74) is 0.778. The zero-order valence-electron chi connectivity index (χ0n) is 11.1. The van der Waals surface area contributed by atoms with Gasteiger partial charge in [0.05, 0.1) is 11.4 Å². The highest BCUT2D eigenvalue weighted by Crippen LogP contribution is 2.40. The molecule has 0 spiro atoms. The molecule has 1 fully saturated rings.